The van der Waals surface area contributed by atoms with E-state index in [9.17, 15) is 4.79 Å². The third-order valence-electron chi connectivity index (χ3n) is 1.84. The Bertz CT molecular complexity index is 547. The molecule has 0 aliphatic heterocycles. The predicted molar refractivity (Wildman–Crippen MR) is 62.0 cm³/mol. The number of para-hydroxylation sites is 1. The number of aromatic nitrogens is 1. The van der Waals surface area contributed by atoms with Crippen LogP contribution in [0.25, 0.3) is 10.9 Å². The molecule has 0 unspecified atom stereocenters. The second-order valence-corrected chi connectivity index (χ2v) is 3.24. The van der Waals surface area contributed by atoms with Gasteiger partial charge in [-0.15, -0.1) is 0 Å². The second kappa shape index (κ2) is 5.60. The van der Waals surface area contributed by atoms with E-state index in [4.69, 9.17) is 15.0 Å². The molecular formula is C12H11NO4. The molecule has 5 nitrogen and oxygen atoms in total. The van der Waals surface area contributed by atoms with Crippen LogP contribution in [-0.2, 0) is 4.79 Å². The monoisotopic (exact) mass is 233 g/mol. The molecule has 88 valence electrons. The minimum Gasteiger partial charge on any atom is -0.481 e. The lowest BCUT2D eigenvalue weighted by atomic mass is 10.2. The number of hydrogen-bond acceptors (Lipinski definition) is 3. The summed E-state index contributed by atoms with van der Waals surface area (Å²) in [6, 6.07) is 9.03. The summed E-state index contributed by atoms with van der Waals surface area (Å²) in [5.74, 6) is -1.78. The number of fused-ring (bicyclic) bond motifs is 1. The van der Waals surface area contributed by atoms with E-state index in [-0.39, 0.29) is 5.56 Å². The van der Waals surface area contributed by atoms with Crippen molar-refractivity contribution in [2.24, 2.45) is 0 Å². The van der Waals surface area contributed by atoms with Gasteiger partial charge in [-0.25, -0.2) is 4.79 Å². The van der Waals surface area contributed by atoms with Gasteiger partial charge in [0.25, 0.3) is 5.97 Å². The van der Waals surface area contributed by atoms with Gasteiger partial charge in [-0.1, -0.05) is 18.2 Å². The van der Waals surface area contributed by atoms with Crippen molar-refractivity contribution < 1.29 is 19.8 Å². The van der Waals surface area contributed by atoms with Crippen LogP contribution >= 0.6 is 0 Å². The predicted octanol–water partition coefficient (Wildman–Crippen LogP) is 2.02. The van der Waals surface area contributed by atoms with Gasteiger partial charge in [-0.05, 0) is 12.1 Å². The number of aliphatic carboxylic acids is 1. The van der Waals surface area contributed by atoms with Crippen molar-refractivity contribution in [3.63, 3.8) is 0 Å². The second-order valence-electron chi connectivity index (χ2n) is 3.24. The summed E-state index contributed by atoms with van der Waals surface area (Å²) in [7, 11) is 0. The van der Waals surface area contributed by atoms with Crippen LogP contribution in [0.4, 0.5) is 0 Å². The summed E-state index contributed by atoms with van der Waals surface area (Å²) in [6.45, 7) is 1.08. The maximum atomic E-state index is 10.6. The Hall–Kier alpha value is -2.43. The molecule has 0 saturated carbocycles. The van der Waals surface area contributed by atoms with Crippen LogP contribution in [-0.4, -0.2) is 27.1 Å². The summed E-state index contributed by atoms with van der Waals surface area (Å²) in [6.07, 6.45) is 1.37. The van der Waals surface area contributed by atoms with Crippen LogP contribution in [0.2, 0.25) is 0 Å². The van der Waals surface area contributed by atoms with Crippen LogP contribution < -0.4 is 0 Å². The highest BCUT2D eigenvalue weighted by Gasteiger charge is 2.03. The zero-order valence-electron chi connectivity index (χ0n) is 9.12. The third-order valence-corrected chi connectivity index (χ3v) is 1.84. The van der Waals surface area contributed by atoms with E-state index in [1.54, 1.807) is 6.07 Å². The Labute approximate surface area is 97.3 Å². The fraction of sp³-hybridized carbons (Fsp3) is 0.0833. The van der Waals surface area contributed by atoms with E-state index in [0.29, 0.717) is 0 Å². The molecule has 0 bridgehead atoms. The Balaban J connectivity index is 0.000000317. The van der Waals surface area contributed by atoms with Gasteiger partial charge in [0.1, 0.15) is 0 Å². The van der Waals surface area contributed by atoms with Gasteiger partial charge in [0, 0.05) is 18.5 Å². The van der Waals surface area contributed by atoms with Gasteiger partial charge < -0.3 is 10.2 Å². The first-order valence-electron chi connectivity index (χ1n) is 4.78. The number of rotatable bonds is 1. The van der Waals surface area contributed by atoms with E-state index in [2.05, 4.69) is 4.98 Å². The number of carboxylic acids is 2. The normalized spacial score (nSPS) is 9.24. The zero-order chi connectivity index (χ0) is 12.8. The molecule has 0 aliphatic carbocycles. The van der Waals surface area contributed by atoms with Gasteiger partial charge in [0.05, 0.1) is 11.1 Å². The Morgan fingerprint density at radius 2 is 1.76 bits per heavy atom. The smallest absolute Gasteiger partial charge is 0.337 e. The number of nitrogens with zero attached hydrogens (tertiary/aromatic N) is 1. The number of benzene rings is 1. The molecule has 5 heteroatoms. The molecule has 17 heavy (non-hydrogen) atoms. The van der Waals surface area contributed by atoms with Crippen LogP contribution in [0.15, 0.2) is 36.5 Å². The molecule has 0 atom stereocenters. The lowest BCUT2D eigenvalue weighted by Crippen LogP contribution is -1.96. The maximum absolute atomic E-state index is 10.6. The summed E-state index contributed by atoms with van der Waals surface area (Å²) >= 11 is 0. The number of hydrogen-bond donors (Lipinski definition) is 2. The number of aromatic carboxylic acids is 1. The van der Waals surface area contributed by atoms with Crippen molar-refractivity contribution in [3.05, 3.63) is 42.1 Å². The fourth-order valence-electron chi connectivity index (χ4n) is 1.19. The van der Waals surface area contributed by atoms with Gasteiger partial charge in [-0.2, -0.15) is 0 Å². The Morgan fingerprint density at radius 1 is 1.18 bits per heavy atom. The standard InChI is InChI=1S/C10H7NO2.C2H4O2/c12-10(13)8-5-7-3-1-2-4-9(7)11-6-8;1-2(3)4/h1-6H,(H,12,13);1H3,(H,3,4). The van der Waals surface area contributed by atoms with Crippen molar-refractivity contribution in [1.82, 2.24) is 4.98 Å². The van der Waals surface area contributed by atoms with Crippen molar-refractivity contribution in [2.75, 3.05) is 0 Å². The third kappa shape index (κ3) is 3.90. The van der Waals surface area contributed by atoms with Gasteiger partial charge in [0.2, 0.25) is 0 Å². The van der Waals surface area contributed by atoms with Crippen molar-refractivity contribution >= 4 is 22.8 Å². The molecule has 0 amide bonds. The van der Waals surface area contributed by atoms with E-state index in [1.807, 2.05) is 24.3 Å². The van der Waals surface area contributed by atoms with E-state index < -0.39 is 11.9 Å². The molecule has 0 fully saturated rings. The first kappa shape index (κ1) is 12.6. The number of pyridine rings is 1. The minimum absolute atomic E-state index is 0.221. The van der Waals surface area contributed by atoms with Gasteiger partial charge >= 0.3 is 5.97 Å². The molecular weight excluding hydrogens is 222 g/mol. The molecule has 0 saturated heterocycles. The van der Waals surface area contributed by atoms with Gasteiger partial charge in [0.15, 0.2) is 0 Å². The molecule has 0 spiro atoms. The maximum Gasteiger partial charge on any atom is 0.337 e. The summed E-state index contributed by atoms with van der Waals surface area (Å²) in [5, 5.41) is 17.0. The van der Waals surface area contributed by atoms with E-state index >= 15 is 0 Å². The molecule has 2 rings (SSSR count). The summed E-state index contributed by atoms with van der Waals surface area (Å²) < 4.78 is 0. The van der Waals surface area contributed by atoms with Crippen LogP contribution in [0.3, 0.4) is 0 Å². The molecule has 1 aromatic heterocycles. The van der Waals surface area contributed by atoms with Crippen molar-refractivity contribution in [1.29, 1.82) is 0 Å². The molecule has 2 aromatic rings. The van der Waals surface area contributed by atoms with Crippen molar-refractivity contribution in [2.45, 2.75) is 6.92 Å². The largest absolute Gasteiger partial charge is 0.481 e. The average Bonchev–Trinajstić information content (AvgIpc) is 2.27. The summed E-state index contributed by atoms with van der Waals surface area (Å²) in [5.41, 5.74) is 1.03. The Kier molecular flexibility index (Phi) is 4.16. The quantitative estimate of drug-likeness (QED) is 0.786. The fourth-order valence-corrected chi connectivity index (χ4v) is 1.19. The minimum atomic E-state index is -0.946. The molecule has 0 radical (unpaired) electrons. The van der Waals surface area contributed by atoms with Crippen LogP contribution in [0, 0.1) is 0 Å². The van der Waals surface area contributed by atoms with Crippen molar-refractivity contribution in [3.8, 4) is 0 Å². The van der Waals surface area contributed by atoms with Crippen LogP contribution in [0.1, 0.15) is 17.3 Å². The highest BCUT2D eigenvalue weighted by molar-refractivity contribution is 5.92. The first-order valence-corrected chi connectivity index (χ1v) is 4.78. The Morgan fingerprint density at radius 3 is 2.35 bits per heavy atom. The number of carbonyl (C=O) groups is 2. The molecule has 0 aliphatic rings. The average molecular weight is 233 g/mol. The highest BCUT2D eigenvalue weighted by atomic mass is 16.4. The molecule has 1 aromatic carbocycles. The zero-order valence-corrected chi connectivity index (χ0v) is 9.12. The van der Waals surface area contributed by atoms with E-state index in [0.717, 1.165) is 17.8 Å². The van der Waals surface area contributed by atoms with Gasteiger partial charge in [-0.3, -0.25) is 9.78 Å². The number of carboxylic acid groups (broad SMARTS) is 2. The topological polar surface area (TPSA) is 87.5 Å². The van der Waals surface area contributed by atoms with E-state index in [1.165, 1.54) is 6.20 Å². The lowest BCUT2D eigenvalue weighted by Gasteiger charge is -1.97. The SMILES string of the molecule is CC(=O)O.O=C(O)c1cnc2ccccc2c1. The highest BCUT2D eigenvalue weighted by Crippen LogP contribution is 2.12. The van der Waals surface area contributed by atoms with Crippen LogP contribution in [0.5, 0.6) is 0 Å². The lowest BCUT2D eigenvalue weighted by molar-refractivity contribution is -0.134. The summed E-state index contributed by atoms with van der Waals surface area (Å²) in [4.78, 5) is 23.6. The first-order chi connectivity index (χ1) is 8.00. The molecule has 1 heterocycles. The molecule has 2 N–H and O–H groups in total.